The van der Waals surface area contributed by atoms with Gasteiger partial charge in [0.1, 0.15) is 0 Å². The molecule has 0 atom stereocenters. The first-order valence-electron chi connectivity index (χ1n) is 3.61. The van der Waals surface area contributed by atoms with Crippen LogP contribution in [0.25, 0.3) is 0 Å². The van der Waals surface area contributed by atoms with Crippen molar-refractivity contribution in [2.24, 2.45) is 0 Å². The van der Waals surface area contributed by atoms with E-state index in [0.29, 0.717) is 13.2 Å². The number of methoxy groups -OCH3 is 2. The predicted octanol–water partition coefficient (Wildman–Crippen LogP) is -7.41. The van der Waals surface area contributed by atoms with E-state index in [9.17, 15) is 0 Å². The quantitative estimate of drug-likeness (QED) is 0.371. The van der Waals surface area contributed by atoms with Gasteiger partial charge in [0, 0.05) is 14.2 Å². The first-order chi connectivity index (χ1) is 5.41. The Balaban J connectivity index is -0.0000000352. The first-order valence-corrected chi connectivity index (χ1v) is 3.61. The zero-order valence-electron chi connectivity index (χ0n) is 8.80. The Morgan fingerprint density at radius 3 is 1.67 bits per heavy atom. The van der Waals surface area contributed by atoms with Crippen LogP contribution in [0.4, 0.5) is 0 Å². The molecule has 2 nitrogen and oxygen atoms in total. The SMILES string of the molecule is COCCOC.[C-]1=CC=CC1.[Cl-].[Cl-].[Cl-].[Zr+4]. The predicted molar refractivity (Wildman–Crippen MR) is 45.3 cm³/mol. The van der Waals surface area contributed by atoms with Gasteiger partial charge in [0.2, 0.25) is 0 Å². The van der Waals surface area contributed by atoms with Crippen molar-refractivity contribution in [3.05, 3.63) is 24.3 Å². The molecule has 0 unspecified atom stereocenters. The maximum Gasteiger partial charge on any atom is 4.00 e. The second-order valence-electron chi connectivity index (χ2n) is 1.99. The smallest absolute Gasteiger partial charge is 1.00 e. The van der Waals surface area contributed by atoms with Crippen LogP contribution in [0.2, 0.25) is 0 Å². The van der Waals surface area contributed by atoms with E-state index in [1.807, 2.05) is 12.2 Å². The Labute approximate surface area is 130 Å². The summed E-state index contributed by atoms with van der Waals surface area (Å²) in [5, 5.41) is 0. The van der Waals surface area contributed by atoms with E-state index < -0.39 is 0 Å². The summed E-state index contributed by atoms with van der Waals surface area (Å²) in [6.45, 7) is 1.38. The molecule has 1 aliphatic carbocycles. The van der Waals surface area contributed by atoms with E-state index in [0.717, 1.165) is 6.42 Å². The molecule has 0 aliphatic heterocycles. The van der Waals surface area contributed by atoms with Crippen molar-refractivity contribution in [1.29, 1.82) is 0 Å². The standard InChI is InChI=1S/C5H5.C4H10O2.3ClH.Zr/c1-2-4-5-3-1;1-5-3-4-6-2;;;;/h1-3H,4H2;3-4H2,1-2H3;3*1H;/q-1;;;;;+4/p-3. The average molecular weight is 353 g/mol. The topological polar surface area (TPSA) is 18.5 Å². The zero-order chi connectivity index (χ0) is 8.36. The van der Waals surface area contributed by atoms with Crippen LogP contribution in [0.15, 0.2) is 18.2 Å². The second kappa shape index (κ2) is 29.4. The van der Waals surface area contributed by atoms with E-state index in [1.165, 1.54) is 0 Å². The van der Waals surface area contributed by atoms with Crippen molar-refractivity contribution >= 4 is 0 Å². The molecule has 0 N–H and O–H groups in total. The molecule has 1 rings (SSSR count). The van der Waals surface area contributed by atoms with Crippen LogP contribution in [-0.4, -0.2) is 27.4 Å². The summed E-state index contributed by atoms with van der Waals surface area (Å²) in [6, 6.07) is 0. The number of allylic oxidation sites excluding steroid dienone is 4. The van der Waals surface area contributed by atoms with Crippen LogP contribution < -0.4 is 37.2 Å². The Morgan fingerprint density at radius 1 is 1.07 bits per heavy atom. The second-order valence-corrected chi connectivity index (χ2v) is 1.99. The number of ether oxygens (including phenoxy) is 2. The summed E-state index contributed by atoms with van der Waals surface area (Å²) in [4.78, 5) is 0. The first kappa shape index (κ1) is 29.8. The summed E-state index contributed by atoms with van der Waals surface area (Å²) in [7, 11) is 3.30. The van der Waals surface area contributed by atoms with E-state index in [-0.39, 0.29) is 63.4 Å². The Bertz CT molecular complexity index is 119. The molecule has 0 fully saturated rings. The average Bonchev–Trinajstić information content (AvgIpc) is 2.57. The summed E-state index contributed by atoms with van der Waals surface area (Å²) in [5.41, 5.74) is 0. The molecule has 0 amide bonds. The molecule has 0 aromatic heterocycles. The molecular formula is C9H15Cl3O2Zr. The molecule has 0 spiro atoms. The fourth-order valence-electron chi connectivity index (χ4n) is 0.507. The molecule has 15 heavy (non-hydrogen) atoms. The van der Waals surface area contributed by atoms with Crippen molar-refractivity contribution < 1.29 is 72.9 Å². The molecule has 0 radical (unpaired) electrons. The molecule has 1 aliphatic rings. The van der Waals surface area contributed by atoms with E-state index >= 15 is 0 Å². The Morgan fingerprint density at radius 2 is 1.53 bits per heavy atom. The molecule has 0 saturated heterocycles. The largest absolute Gasteiger partial charge is 4.00 e. The number of hydrogen-bond donors (Lipinski definition) is 0. The minimum absolute atomic E-state index is 0. The van der Waals surface area contributed by atoms with Gasteiger partial charge in [0.15, 0.2) is 0 Å². The van der Waals surface area contributed by atoms with Crippen molar-refractivity contribution in [1.82, 2.24) is 0 Å². The summed E-state index contributed by atoms with van der Waals surface area (Å²) < 4.78 is 9.31. The van der Waals surface area contributed by atoms with Crippen molar-refractivity contribution in [2.75, 3.05) is 27.4 Å². The fourth-order valence-corrected chi connectivity index (χ4v) is 0.507. The van der Waals surface area contributed by atoms with Gasteiger partial charge in [-0.25, -0.2) is 12.2 Å². The van der Waals surface area contributed by atoms with Crippen molar-refractivity contribution in [2.45, 2.75) is 6.42 Å². The molecule has 88 valence electrons. The maximum absolute atomic E-state index is 4.66. The summed E-state index contributed by atoms with van der Waals surface area (Å²) in [6.07, 6.45) is 10.0. The molecular weight excluding hydrogens is 338 g/mol. The molecule has 0 aromatic rings. The molecule has 6 heteroatoms. The number of hydrogen-bond acceptors (Lipinski definition) is 2. The third kappa shape index (κ3) is 31.3. The molecule has 0 heterocycles. The van der Waals surface area contributed by atoms with Gasteiger partial charge in [0.05, 0.1) is 13.2 Å². The van der Waals surface area contributed by atoms with Gasteiger partial charge in [0.25, 0.3) is 0 Å². The van der Waals surface area contributed by atoms with Crippen LogP contribution in [-0.2, 0) is 35.7 Å². The minimum atomic E-state index is 0. The molecule has 0 bridgehead atoms. The van der Waals surface area contributed by atoms with Gasteiger partial charge in [-0.05, 0) is 0 Å². The minimum Gasteiger partial charge on any atom is -1.00 e. The van der Waals surface area contributed by atoms with Crippen molar-refractivity contribution in [3.63, 3.8) is 0 Å². The van der Waals surface area contributed by atoms with Gasteiger partial charge in [-0.3, -0.25) is 6.08 Å². The van der Waals surface area contributed by atoms with Gasteiger partial charge < -0.3 is 46.7 Å². The Hall–Kier alpha value is 1.15. The van der Waals surface area contributed by atoms with Gasteiger partial charge >= 0.3 is 26.2 Å². The molecule has 0 saturated carbocycles. The van der Waals surface area contributed by atoms with Gasteiger partial charge in [-0.2, -0.15) is 6.08 Å². The van der Waals surface area contributed by atoms with E-state index in [4.69, 9.17) is 0 Å². The normalized spacial score (nSPS) is 9.47. The van der Waals surface area contributed by atoms with Crippen LogP contribution in [0.5, 0.6) is 0 Å². The molecule has 0 aromatic carbocycles. The fraction of sp³-hybridized carbons (Fsp3) is 0.556. The van der Waals surface area contributed by atoms with Crippen LogP contribution in [0.3, 0.4) is 0 Å². The van der Waals surface area contributed by atoms with E-state index in [1.54, 1.807) is 14.2 Å². The monoisotopic (exact) mass is 350 g/mol. The van der Waals surface area contributed by atoms with Gasteiger partial charge in [-0.1, -0.05) is 0 Å². The van der Waals surface area contributed by atoms with Crippen molar-refractivity contribution in [3.8, 4) is 0 Å². The van der Waals surface area contributed by atoms with Crippen LogP contribution >= 0.6 is 0 Å². The number of rotatable bonds is 3. The Kier molecular flexibility index (Phi) is 58.5. The maximum atomic E-state index is 4.66. The summed E-state index contributed by atoms with van der Waals surface area (Å²) >= 11 is 0. The van der Waals surface area contributed by atoms with Gasteiger partial charge in [-0.15, -0.1) is 6.42 Å². The third-order valence-electron chi connectivity index (χ3n) is 1.08. The van der Waals surface area contributed by atoms with Crippen LogP contribution in [0.1, 0.15) is 6.42 Å². The zero-order valence-corrected chi connectivity index (χ0v) is 13.5. The third-order valence-corrected chi connectivity index (χ3v) is 1.08. The van der Waals surface area contributed by atoms with Crippen LogP contribution in [0, 0.1) is 6.08 Å². The summed E-state index contributed by atoms with van der Waals surface area (Å²) in [5.74, 6) is 0. The van der Waals surface area contributed by atoms with E-state index in [2.05, 4.69) is 21.6 Å². The number of halogens is 3.